The number of aromatic nitrogens is 1. The van der Waals surface area contributed by atoms with Crippen molar-refractivity contribution in [2.45, 2.75) is 50.2 Å². The summed E-state index contributed by atoms with van der Waals surface area (Å²) in [5.74, 6) is 0.385. The molecule has 0 bridgehead atoms. The van der Waals surface area contributed by atoms with E-state index in [-0.39, 0.29) is 11.5 Å². The molecule has 1 aromatic rings. The molecule has 1 atom stereocenters. The third kappa shape index (κ3) is 3.33. The van der Waals surface area contributed by atoms with E-state index in [1.165, 1.54) is 25.7 Å². The van der Waals surface area contributed by atoms with Crippen molar-refractivity contribution in [1.82, 2.24) is 15.2 Å². The van der Waals surface area contributed by atoms with Crippen LogP contribution in [0.15, 0.2) is 24.5 Å². The highest BCUT2D eigenvalue weighted by Crippen LogP contribution is 2.39. The molecule has 1 N–H and O–H groups in total. The van der Waals surface area contributed by atoms with Gasteiger partial charge in [-0.2, -0.15) is 0 Å². The summed E-state index contributed by atoms with van der Waals surface area (Å²) in [7, 11) is 0. The second-order valence-corrected chi connectivity index (χ2v) is 7.69. The molecule has 3 aliphatic rings. The standard InChI is InChI=1S/C19H27N3O2/c23-18(16-4-3-9-20-11-16)21-10-15-7-8-19(24-12-15)13-22(14-19)17-5-1-2-6-17/h3-4,9,11,15,17H,1-2,5-8,10,12-14H2,(H,21,23)/t15-/m1/s1. The third-order valence-electron chi connectivity index (χ3n) is 5.93. The van der Waals surface area contributed by atoms with Crippen LogP contribution >= 0.6 is 0 Å². The molecule has 0 radical (unpaired) electrons. The molecule has 3 fully saturated rings. The van der Waals surface area contributed by atoms with Gasteiger partial charge in [-0.3, -0.25) is 14.7 Å². The second kappa shape index (κ2) is 6.81. The largest absolute Gasteiger partial charge is 0.372 e. The zero-order chi connectivity index (χ0) is 16.4. The highest BCUT2D eigenvalue weighted by molar-refractivity contribution is 5.93. The Labute approximate surface area is 143 Å². The summed E-state index contributed by atoms with van der Waals surface area (Å²) in [4.78, 5) is 18.7. The number of pyridine rings is 1. The monoisotopic (exact) mass is 329 g/mol. The molecule has 4 rings (SSSR count). The van der Waals surface area contributed by atoms with Gasteiger partial charge in [0.05, 0.1) is 17.8 Å². The van der Waals surface area contributed by atoms with Crippen molar-refractivity contribution in [1.29, 1.82) is 0 Å². The maximum absolute atomic E-state index is 12.1. The van der Waals surface area contributed by atoms with Gasteiger partial charge in [0.1, 0.15) is 0 Å². The van der Waals surface area contributed by atoms with Gasteiger partial charge in [-0.1, -0.05) is 12.8 Å². The fourth-order valence-electron chi connectivity index (χ4n) is 4.39. The molecular formula is C19H27N3O2. The molecule has 0 unspecified atom stereocenters. The summed E-state index contributed by atoms with van der Waals surface area (Å²) >= 11 is 0. The van der Waals surface area contributed by atoms with Gasteiger partial charge in [-0.15, -0.1) is 0 Å². The number of carbonyl (C=O) groups is 1. The second-order valence-electron chi connectivity index (χ2n) is 7.69. The smallest absolute Gasteiger partial charge is 0.252 e. The molecular weight excluding hydrogens is 302 g/mol. The van der Waals surface area contributed by atoms with Crippen LogP contribution in [0, 0.1) is 5.92 Å². The number of hydrogen-bond donors (Lipinski definition) is 1. The van der Waals surface area contributed by atoms with E-state index in [2.05, 4.69) is 15.2 Å². The number of nitrogens with one attached hydrogen (secondary N) is 1. The molecule has 2 aliphatic heterocycles. The van der Waals surface area contributed by atoms with Crippen LogP contribution in [0.4, 0.5) is 0 Å². The molecule has 1 aromatic heterocycles. The number of ether oxygens (including phenoxy) is 1. The molecule has 24 heavy (non-hydrogen) atoms. The number of likely N-dealkylation sites (tertiary alicyclic amines) is 1. The average molecular weight is 329 g/mol. The third-order valence-corrected chi connectivity index (χ3v) is 5.93. The lowest BCUT2D eigenvalue weighted by molar-refractivity contribution is -0.188. The van der Waals surface area contributed by atoms with Crippen LogP contribution in [0.3, 0.4) is 0 Å². The van der Waals surface area contributed by atoms with Gasteiger partial charge in [0.2, 0.25) is 0 Å². The lowest BCUT2D eigenvalue weighted by atomic mass is 9.82. The lowest BCUT2D eigenvalue weighted by Gasteiger charge is -2.55. The van der Waals surface area contributed by atoms with Gasteiger partial charge in [-0.05, 0) is 43.7 Å². The van der Waals surface area contributed by atoms with Crippen molar-refractivity contribution in [3.05, 3.63) is 30.1 Å². The van der Waals surface area contributed by atoms with E-state index in [0.717, 1.165) is 38.6 Å². The highest BCUT2D eigenvalue weighted by atomic mass is 16.5. The number of nitrogens with zero attached hydrogens (tertiary/aromatic N) is 2. The normalized spacial score (nSPS) is 27.1. The maximum Gasteiger partial charge on any atom is 0.252 e. The number of hydrogen-bond acceptors (Lipinski definition) is 4. The van der Waals surface area contributed by atoms with Crippen LogP contribution < -0.4 is 5.32 Å². The Morgan fingerprint density at radius 2 is 2.17 bits per heavy atom. The molecule has 1 spiro atoms. The Hall–Kier alpha value is -1.46. The molecule has 2 saturated heterocycles. The zero-order valence-electron chi connectivity index (χ0n) is 14.2. The summed E-state index contributed by atoms with van der Waals surface area (Å²) in [6.07, 6.45) is 11.1. The van der Waals surface area contributed by atoms with E-state index >= 15 is 0 Å². The Bertz CT molecular complexity index is 555. The van der Waals surface area contributed by atoms with Crippen molar-refractivity contribution in [3.63, 3.8) is 0 Å². The maximum atomic E-state index is 12.1. The van der Waals surface area contributed by atoms with Crippen LogP contribution in [0.25, 0.3) is 0 Å². The number of carbonyl (C=O) groups excluding carboxylic acids is 1. The molecule has 3 heterocycles. The fourth-order valence-corrected chi connectivity index (χ4v) is 4.39. The highest BCUT2D eigenvalue weighted by Gasteiger charge is 2.48. The van der Waals surface area contributed by atoms with Crippen molar-refractivity contribution in [3.8, 4) is 0 Å². The minimum absolute atomic E-state index is 0.0422. The Kier molecular flexibility index (Phi) is 4.55. The van der Waals surface area contributed by atoms with E-state index in [9.17, 15) is 4.79 Å². The van der Waals surface area contributed by atoms with Gasteiger partial charge in [0, 0.05) is 38.1 Å². The van der Waals surface area contributed by atoms with E-state index < -0.39 is 0 Å². The zero-order valence-corrected chi connectivity index (χ0v) is 14.2. The van der Waals surface area contributed by atoms with E-state index in [4.69, 9.17) is 4.74 Å². The predicted molar refractivity (Wildman–Crippen MR) is 91.8 cm³/mol. The number of amides is 1. The van der Waals surface area contributed by atoms with E-state index in [1.807, 2.05) is 0 Å². The molecule has 130 valence electrons. The Morgan fingerprint density at radius 3 is 2.83 bits per heavy atom. The quantitative estimate of drug-likeness (QED) is 0.920. The first-order valence-electron chi connectivity index (χ1n) is 9.30. The molecule has 5 heteroatoms. The minimum atomic E-state index is -0.0422. The van der Waals surface area contributed by atoms with Gasteiger partial charge < -0.3 is 10.1 Å². The first kappa shape index (κ1) is 16.0. The Morgan fingerprint density at radius 1 is 1.33 bits per heavy atom. The summed E-state index contributed by atoms with van der Waals surface area (Å²) in [6.45, 7) is 3.70. The summed E-state index contributed by atoms with van der Waals surface area (Å²) in [5.41, 5.74) is 0.740. The summed E-state index contributed by atoms with van der Waals surface area (Å²) < 4.78 is 6.24. The van der Waals surface area contributed by atoms with Crippen LogP contribution in [0.5, 0.6) is 0 Å². The molecule has 0 aromatic carbocycles. The van der Waals surface area contributed by atoms with E-state index in [1.54, 1.807) is 24.5 Å². The molecule has 1 amide bonds. The number of rotatable bonds is 4. The van der Waals surface area contributed by atoms with Crippen LogP contribution in [0.1, 0.15) is 48.9 Å². The SMILES string of the molecule is O=C(NC[C@H]1CCC2(CN(C3CCCC3)C2)OC1)c1cccnc1. The minimum Gasteiger partial charge on any atom is -0.372 e. The molecule has 5 nitrogen and oxygen atoms in total. The summed E-state index contributed by atoms with van der Waals surface area (Å²) in [5, 5.41) is 3.02. The van der Waals surface area contributed by atoms with Crippen molar-refractivity contribution >= 4 is 5.91 Å². The van der Waals surface area contributed by atoms with E-state index in [0.29, 0.717) is 18.0 Å². The van der Waals surface area contributed by atoms with Gasteiger partial charge in [0.15, 0.2) is 0 Å². The van der Waals surface area contributed by atoms with Crippen molar-refractivity contribution < 1.29 is 9.53 Å². The lowest BCUT2D eigenvalue weighted by Crippen LogP contribution is -2.67. The van der Waals surface area contributed by atoms with Crippen molar-refractivity contribution in [2.24, 2.45) is 5.92 Å². The topological polar surface area (TPSA) is 54.5 Å². The molecule has 1 saturated carbocycles. The average Bonchev–Trinajstić information content (AvgIpc) is 3.13. The first-order chi connectivity index (χ1) is 11.7. The predicted octanol–water partition coefficient (Wildman–Crippen LogP) is 2.23. The molecule has 1 aliphatic carbocycles. The fraction of sp³-hybridized carbons (Fsp3) is 0.684. The van der Waals surface area contributed by atoms with Crippen LogP contribution in [-0.4, -0.2) is 53.7 Å². The Balaban J connectivity index is 1.19. The van der Waals surface area contributed by atoms with Gasteiger partial charge in [0.25, 0.3) is 5.91 Å². The first-order valence-corrected chi connectivity index (χ1v) is 9.30. The summed E-state index contributed by atoms with van der Waals surface area (Å²) in [6, 6.07) is 4.39. The van der Waals surface area contributed by atoms with Crippen molar-refractivity contribution in [2.75, 3.05) is 26.2 Å². The van der Waals surface area contributed by atoms with Gasteiger partial charge in [-0.25, -0.2) is 0 Å². The van der Waals surface area contributed by atoms with Gasteiger partial charge >= 0.3 is 0 Å². The van der Waals surface area contributed by atoms with Crippen LogP contribution in [-0.2, 0) is 4.74 Å². The van der Waals surface area contributed by atoms with Crippen LogP contribution in [0.2, 0.25) is 0 Å².